The molecule has 1 amide bonds. The van der Waals surface area contributed by atoms with Crippen LogP contribution in [-0.2, 0) is 14.3 Å². The van der Waals surface area contributed by atoms with Gasteiger partial charge in [0, 0.05) is 25.4 Å². The van der Waals surface area contributed by atoms with Crippen LogP contribution in [0.4, 0.5) is 0 Å². The number of hydrogen-bond donors (Lipinski definition) is 0. The van der Waals surface area contributed by atoms with Crippen molar-refractivity contribution < 1.29 is 14.3 Å². The van der Waals surface area contributed by atoms with Gasteiger partial charge in [0.2, 0.25) is 5.91 Å². The molecule has 0 aromatic carbocycles. The van der Waals surface area contributed by atoms with Gasteiger partial charge in [0.05, 0.1) is 12.2 Å². The van der Waals surface area contributed by atoms with E-state index in [-0.39, 0.29) is 18.1 Å². The van der Waals surface area contributed by atoms with Crippen molar-refractivity contribution in [1.82, 2.24) is 4.90 Å². The molecule has 0 aromatic heterocycles. The van der Waals surface area contributed by atoms with E-state index in [2.05, 4.69) is 0 Å². The summed E-state index contributed by atoms with van der Waals surface area (Å²) in [5.41, 5.74) is -0.271. The van der Waals surface area contributed by atoms with Crippen molar-refractivity contribution in [2.75, 3.05) is 38.4 Å². The van der Waals surface area contributed by atoms with Crippen LogP contribution in [-0.4, -0.2) is 60.8 Å². The highest BCUT2D eigenvalue weighted by Crippen LogP contribution is 2.22. The summed E-state index contributed by atoms with van der Waals surface area (Å²) in [5, 5.41) is 0. The van der Waals surface area contributed by atoms with E-state index in [1.807, 2.05) is 37.4 Å². The van der Waals surface area contributed by atoms with E-state index in [4.69, 9.17) is 9.47 Å². The number of ether oxygens (including phenoxy) is 2. The molecule has 1 rings (SSSR count). The van der Waals surface area contributed by atoms with Crippen LogP contribution in [0.25, 0.3) is 0 Å². The summed E-state index contributed by atoms with van der Waals surface area (Å²) in [6, 6.07) is 0.348. The second-order valence-corrected chi connectivity index (χ2v) is 6.65. The smallest absolute Gasteiger partial charge is 0.248 e. The van der Waals surface area contributed by atoms with E-state index in [0.717, 1.165) is 17.9 Å². The third-order valence-corrected chi connectivity index (χ3v) is 3.98. The molecule has 18 heavy (non-hydrogen) atoms. The van der Waals surface area contributed by atoms with Crippen LogP contribution in [0.2, 0.25) is 0 Å². The molecule has 5 heteroatoms. The summed E-state index contributed by atoms with van der Waals surface area (Å²) >= 11 is 1.91. The van der Waals surface area contributed by atoms with E-state index in [1.54, 1.807) is 7.11 Å². The monoisotopic (exact) mass is 275 g/mol. The largest absolute Gasteiger partial charge is 0.383 e. The molecule has 106 valence electrons. The van der Waals surface area contributed by atoms with Gasteiger partial charge >= 0.3 is 0 Å². The van der Waals surface area contributed by atoms with Crippen molar-refractivity contribution in [1.29, 1.82) is 0 Å². The number of thioether (sulfide) groups is 1. The summed E-state index contributed by atoms with van der Waals surface area (Å²) in [7, 11) is 1.66. The fourth-order valence-electron chi connectivity index (χ4n) is 1.83. The van der Waals surface area contributed by atoms with Crippen LogP contribution < -0.4 is 0 Å². The Bertz CT molecular complexity index is 259. The standard InChI is InChI=1S/C13H25NO3S/c1-13(2,3)17-9-12(15)14(6-7-16-4)11-5-8-18-10-11/h11H,5-10H2,1-4H3. The van der Waals surface area contributed by atoms with Gasteiger partial charge < -0.3 is 14.4 Å². The van der Waals surface area contributed by atoms with Gasteiger partial charge in [-0.25, -0.2) is 0 Å². The Kier molecular flexibility index (Phi) is 6.46. The molecular weight excluding hydrogens is 250 g/mol. The number of amides is 1. The molecule has 1 aliphatic rings. The third kappa shape index (κ3) is 5.59. The van der Waals surface area contributed by atoms with Gasteiger partial charge in [0.25, 0.3) is 0 Å². The number of carbonyl (C=O) groups is 1. The van der Waals surface area contributed by atoms with Gasteiger partial charge in [-0.1, -0.05) is 0 Å². The van der Waals surface area contributed by atoms with Crippen LogP contribution in [0.1, 0.15) is 27.2 Å². The summed E-state index contributed by atoms with van der Waals surface area (Å²) < 4.78 is 10.7. The minimum absolute atomic E-state index is 0.0782. The zero-order valence-electron chi connectivity index (χ0n) is 11.9. The summed E-state index contributed by atoms with van der Waals surface area (Å²) in [5.74, 6) is 2.25. The molecule has 4 nitrogen and oxygen atoms in total. The van der Waals surface area contributed by atoms with Gasteiger partial charge in [0.1, 0.15) is 6.61 Å². The van der Waals surface area contributed by atoms with Crippen molar-refractivity contribution >= 4 is 17.7 Å². The number of methoxy groups -OCH3 is 1. The van der Waals surface area contributed by atoms with Gasteiger partial charge in [-0.3, -0.25) is 4.79 Å². The molecule has 0 bridgehead atoms. The van der Waals surface area contributed by atoms with Crippen LogP contribution in [0.3, 0.4) is 0 Å². The molecule has 1 aliphatic heterocycles. The Morgan fingerprint density at radius 1 is 1.44 bits per heavy atom. The average Bonchev–Trinajstić information content (AvgIpc) is 2.79. The highest BCUT2D eigenvalue weighted by atomic mass is 32.2. The lowest BCUT2D eigenvalue weighted by molar-refractivity contribution is -0.143. The van der Waals surface area contributed by atoms with Crippen molar-refractivity contribution in [2.45, 2.75) is 38.8 Å². The van der Waals surface area contributed by atoms with E-state index < -0.39 is 0 Å². The number of carbonyl (C=O) groups excluding carboxylic acids is 1. The second kappa shape index (κ2) is 7.36. The number of hydrogen-bond acceptors (Lipinski definition) is 4. The summed E-state index contributed by atoms with van der Waals surface area (Å²) in [6.45, 7) is 7.30. The number of rotatable bonds is 6. The molecule has 0 N–H and O–H groups in total. The molecule has 1 fully saturated rings. The van der Waals surface area contributed by atoms with Gasteiger partial charge in [0.15, 0.2) is 0 Å². The van der Waals surface area contributed by atoms with Crippen LogP contribution in [0.5, 0.6) is 0 Å². The lowest BCUT2D eigenvalue weighted by Crippen LogP contribution is -2.45. The van der Waals surface area contributed by atoms with Crippen LogP contribution in [0.15, 0.2) is 0 Å². The Balaban J connectivity index is 2.49. The molecule has 0 aliphatic carbocycles. The predicted octanol–water partition coefficient (Wildman–Crippen LogP) is 1.78. The normalized spacial score (nSPS) is 20.1. The molecule has 0 saturated carbocycles. The van der Waals surface area contributed by atoms with Crippen LogP contribution in [0, 0.1) is 0 Å². The predicted molar refractivity (Wildman–Crippen MR) is 75.0 cm³/mol. The zero-order chi connectivity index (χ0) is 13.6. The minimum Gasteiger partial charge on any atom is -0.383 e. The Labute approximate surface area is 114 Å². The lowest BCUT2D eigenvalue weighted by Gasteiger charge is -2.29. The first-order chi connectivity index (χ1) is 8.44. The Morgan fingerprint density at radius 3 is 2.67 bits per heavy atom. The zero-order valence-corrected chi connectivity index (χ0v) is 12.7. The minimum atomic E-state index is -0.271. The number of nitrogens with zero attached hydrogens (tertiary/aromatic N) is 1. The van der Waals surface area contributed by atoms with Crippen molar-refractivity contribution in [2.24, 2.45) is 0 Å². The fourth-order valence-corrected chi connectivity index (χ4v) is 3.05. The van der Waals surface area contributed by atoms with Gasteiger partial charge in [-0.05, 0) is 32.9 Å². The molecule has 0 radical (unpaired) electrons. The molecule has 1 heterocycles. The molecular formula is C13H25NO3S. The van der Waals surface area contributed by atoms with E-state index in [0.29, 0.717) is 19.2 Å². The van der Waals surface area contributed by atoms with Crippen LogP contribution >= 0.6 is 11.8 Å². The van der Waals surface area contributed by atoms with E-state index >= 15 is 0 Å². The van der Waals surface area contributed by atoms with E-state index in [9.17, 15) is 4.79 Å². The van der Waals surface area contributed by atoms with Crippen molar-refractivity contribution in [3.63, 3.8) is 0 Å². The second-order valence-electron chi connectivity index (χ2n) is 5.50. The fraction of sp³-hybridized carbons (Fsp3) is 0.923. The summed E-state index contributed by atoms with van der Waals surface area (Å²) in [6.07, 6.45) is 1.08. The average molecular weight is 275 g/mol. The first-order valence-corrected chi connectivity index (χ1v) is 7.59. The maximum atomic E-state index is 12.2. The van der Waals surface area contributed by atoms with Gasteiger partial charge in [-0.2, -0.15) is 11.8 Å². The quantitative estimate of drug-likeness (QED) is 0.741. The highest BCUT2D eigenvalue weighted by molar-refractivity contribution is 7.99. The van der Waals surface area contributed by atoms with Gasteiger partial charge in [-0.15, -0.1) is 0 Å². The SMILES string of the molecule is COCCN(C(=O)COC(C)(C)C)C1CCSC1. The van der Waals surface area contributed by atoms with Crippen molar-refractivity contribution in [3.8, 4) is 0 Å². The molecule has 0 aromatic rings. The highest BCUT2D eigenvalue weighted by Gasteiger charge is 2.27. The summed E-state index contributed by atoms with van der Waals surface area (Å²) in [4.78, 5) is 14.1. The van der Waals surface area contributed by atoms with E-state index in [1.165, 1.54) is 0 Å². The maximum absolute atomic E-state index is 12.2. The first kappa shape index (κ1) is 15.8. The Morgan fingerprint density at radius 2 is 2.17 bits per heavy atom. The third-order valence-electron chi connectivity index (χ3n) is 2.83. The topological polar surface area (TPSA) is 38.8 Å². The molecule has 1 unspecified atom stereocenters. The Hall–Kier alpha value is -0.260. The first-order valence-electron chi connectivity index (χ1n) is 6.44. The maximum Gasteiger partial charge on any atom is 0.248 e. The molecule has 0 spiro atoms. The molecule has 1 saturated heterocycles. The molecule has 1 atom stereocenters. The lowest BCUT2D eigenvalue weighted by atomic mass is 10.2. The van der Waals surface area contributed by atoms with Crippen molar-refractivity contribution in [3.05, 3.63) is 0 Å².